The average Bonchev–Trinajstić information content (AvgIpc) is 3.16. The number of nitrogens with zero attached hydrogens (tertiary/aromatic N) is 3. The Morgan fingerprint density at radius 2 is 2.00 bits per heavy atom. The second-order valence-corrected chi connectivity index (χ2v) is 7.57. The minimum Gasteiger partial charge on any atom is -0.491 e. The van der Waals surface area contributed by atoms with Crippen LogP contribution in [0.15, 0.2) is 35.8 Å². The molecule has 1 aliphatic heterocycles. The summed E-state index contributed by atoms with van der Waals surface area (Å²) in [5.41, 5.74) is 1.04. The van der Waals surface area contributed by atoms with Crippen LogP contribution in [0.25, 0.3) is 0 Å². The summed E-state index contributed by atoms with van der Waals surface area (Å²) in [6.07, 6.45) is 1.95. The number of hydrogen-bond acceptors (Lipinski definition) is 5. The van der Waals surface area contributed by atoms with Gasteiger partial charge in [0.15, 0.2) is 5.13 Å². The van der Waals surface area contributed by atoms with Crippen LogP contribution in [-0.2, 0) is 0 Å². The number of anilines is 1. The number of piperazine rings is 1. The molecule has 0 spiro atoms. The van der Waals surface area contributed by atoms with Gasteiger partial charge in [-0.3, -0.25) is 0 Å². The van der Waals surface area contributed by atoms with Crippen LogP contribution in [-0.4, -0.2) is 48.2 Å². The van der Waals surface area contributed by atoms with Gasteiger partial charge in [-0.25, -0.2) is 9.78 Å². The Hall–Kier alpha value is -2.28. The standard InChI is InChI=1S/C19H26N4O2S/c1-14(2)25-17-6-4-5-16(13-17)15(3)21-18(24)22-8-10-23(11-9-22)19-20-7-12-26-19/h4-7,12-15H,8-11H2,1-3H3,(H,21,24). The summed E-state index contributed by atoms with van der Waals surface area (Å²) in [6, 6.07) is 7.81. The zero-order valence-electron chi connectivity index (χ0n) is 15.5. The summed E-state index contributed by atoms with van der Waals surface area (Å²) < 4.78 is 5.74. The minimum absolute atomic E-state index is 0.0218. The molecular weight excluding hydrogens is 348 g/mol. The van der Waals surface area contributed by atoms with Crippen LogP contribution in [0.3, 0.4) is 0 Å². The van der Waals surface area contributed by atoms with Crippen molar-refractivity contribution < 1.29 is 9.53 Å². The Bertz CT molecular complexity index is 712. The molecule has 0 bridgehead atoms. The van der Waals surface area contributed by atoms with Crippen LogP contribution in [0.2, 0.25) is 0 Å². The van der Waals surface area contributed by atoms with Crippen LogP contribution in [0, 0.1) is 0 Å². The third-order valence-corrected chi connectivity index (χ3v) is 5.16. The number of carbonyl (C=O) groups is 1. The highest BCUT2D eigenvalue weighted by atomic mass is 32.1. The molecule has 1 unspecified atom stereocenters. The van der Waals surface area contributed by atoms with Crippen molar-refractivity contribution in [3.05, 3.63) is 41.4 Å². The predicted molar refractivity (Wildman–Crippen MR) is 105 cm³/mol. The lowest BCUT2D eigenvalue weighted by Gasteiger charge is -2.35. The van der Waals surface area contributed by atoms with Gasteiger partial charge in [-0.1, -0.05) is 12.1 Å². The molecule has 1 aliphatic rings. The molecule has 1 N–H and O–H groups in total. The van der Waals surface area contributed by atoms with E-state index in [0.717, 1.165) is 29.5 Å². The van der Waals surface area contributed by atoms with Gasteiger partial charge >= 0.3 is 6.03 Å². The van der Waals surface area contributed by atoms with E-state index in [1.54, 1.807) is 11.3 Å². The topological polar surface area (TPSA) is 57.7 Å². The molecule has 0 saturated carbocycles. The molecule has 0 radical (unpaired) electrons. The zero-order valence-corrected chi connectivity index (χ0v) is 16.3. The van der Waals surface area contributed by atoms with Gasteiger partial charge < -0.3 is 19.9 Å². The molecule has 1 atom stereocenters. The van der Waals surface area contributed by atoms with Crippen molar-refractivity contribution in [1.29, 1.82) is 0 Å². The first-order valence-corrected chi connectivity index (χ1v) is 9.87. The molecule has 7 heteroatoms. The van der Waals surface area contributed by atoms with E-state index in [1.165, 1.54) is 0 Å². The molecular formula is C19H26N4O2S. The lowest BCUT2D eigenvalue weighted by molar-refractivity contribution is 0.191. The van der Waals surface area contributed by atoms with E-state index in [2.05, 4.69) is 15.2 Å². The Kier molecular flexibility index (Phi) is 5.98. The van der Waals surface area contributed by atoms with Gasteiger partial charge in [0, 0.05) is 37.8 Å². The molecule has 2 heterocycles. The summed E-state index contributed by atoms with van der Waals surface area (Å²) >= 11 is 1.64. The van der Waals surface area contributed by atoms with E-state index >= 15 is 0 Å². The summed E-state index contributed by atoms with van der Waals surface area (Å²) in [5.74, 6) is 0.829. The molecule has 2 aromatic rings. The van der Waals surface area contributed by atoms with E-state index in [1.807, 2.05) is 61.5 Å². The van der Waals surface area contributed by atoms with Gasteiger partial charge in [0.05, 0.1) is 12.1 Å². The van der Waals surface area contributed by atoms with Gasteiger partial charge in [-0.2, -0.15) is 0 Å². The first kappa shape index (κ1) is 18.5. The maximum absolute atomic E-state index is 12.6. The largest absolute Gasteiger partial charge is 0.491 e. The Morgan fingerprint density at radius 1 is 1.23 bits per heavy atom. The van der Waals surface area contributed by atoms with E-state index < -0.39 is 0 Å². The van der Waals surface area contributed by atoms with Gasteiger partial charge in [0.25, 0.3) is 0 Å². The lowest BCUT2D eigenvalue weighted by Crippen LogP contribution is -2.52. The molecule has 140 valence electrons. The Labute approximate surface area is 158 Å². The van der Waals surface area contributed by atoms with E-state index in [0.29, 0.717) is 13.1 Å². The highest BCUT2D eigenvalue weighted by Crippen LogP contribution is 2.21. The summed E-state index contributed by atoms with van der Waals surface area (Å²) in [5, 5.41) is 6.10. The number of aromatic nitrogens is 1. The maximum atomic E-state index is 12.6. The fourth-order valence-electron chi connectivity index (χ4n) is 2.96. The van der Waals surface area contributed by atoms with Crippen LogP contribution >= 0.6 is 11.3 Å². The van der Waals surface area contributed by atoms with Crippen LogP contribution in [0.4, 0.5) is 9.93 Å². The first-order valence-electron chi connectivity index (χ1n) is 8.99. The number of amides is 2. The van der Waals surface area contributed by atoms with Crippen molar-refractivity contribution >= 4 is 22.5 Å². The minimum atomic E-state index is -0.0739. The van der Waals surface area contributed by atoms with Crippen LogP contribution in [0.5, 0.6) is 5.75 Å². The zero-order chi connectivity index (χ0) is 18.5. The number of urea groups is 1. The normalized spacial score (nSPS) is 15.8. The fourth-order valence-corrected chi connectivity index (χ4v) is 3.66. The van der Waals surface area contributed by atoms with Crippen molar-refractivity contribution in [1.82, 2.24) is 15.2 Å². The number of rotatable bonds is 5. The van der Waals surface area contributed by atoms with E-state index in [-0.39, 0.29) is 18.2 Å². The molecule has 26 heavy (non-hydrogen) atoms. The first-order chi connectivity index (χ1) is 12.5. The van der Waals surface area contributed by atoms with Crippen LogP contribution in [0.1, 0.15) is 32.4 Å². The summed E-state index contributed by atoms with van der Waals surface area (Å²) in [6.45, 7) is 9.04. The smallest absolute Gasteiger partial charge is 0.317 e. The Morgan fingerprint density at radius 3 is 2.65 bits per heavy atom. The fraction of sp³-hybridized carbons (Fsp3) is 0.474. The molecule has 3 rings (SSSR count). The maximum Gasteiger partial charge on any atom is 0.317 e. The molecule has 0 aliphatic carbocycles. The molecule has 1 aromatic carbocycles. The average molecular weight is 375 g/mol. The molecule has 6 nitrogen and oxygen atoms in total. The van der Waals surface area contributed by atoms with Gasteiger partial charge in [-0.15, -0.1) is 11.3 Å². The third kappa shape index (κ3) is 4.66. The molecule has 1 saturated heterocycles. The monoisotopic (exact) mass is 374 g/mol. The highest BCUT2D eigenvalue weighted by molar-refractivity contribution is 7.13. The van der Waals surface area contributed by atoms with Crippen molar-refractivity contribution in [3.8, 4) is 5.75 Å². The van der Waals surface area contributed by atoms with Crippen molar-refractivity contribution in [2.24, 2.45) is 0 Å². The number of thiazole rings is 1. The number of benzene rings is 1. The van der Waals surface area contributed by atoms with E-state index in [4.69, 9.17) is 4.74 Å². The van der Waals surface area contributed by atoms with Gasteiger partial charge in [0.1, 0.15) is 5.75 Å². The lowest BCUT2D eigenvalue weighted by atomic mass is 10.1. The second kappa shape index (κ2) is 8.40. The number of hydrogen-bond donors (Lipinski definition) is 1. The molecule has 1 aromatic heterocycles. The highest BCUT2D eigenvalue weighted by Gasteiger charge is 2.23. The van der Waals surface area contributed by atoms with Crippen LogP contribution < -0.4 is 15.0 Å². The molecule has 2 amide bonds. The third-order valence-electron chi connectivity index (χ3n) is 4.33. The van der Waals surface area contributed by atoms with Gasteiger partial charge in [0.2, 0.25) is 0 Å². The SMILES string of the molecule is CC(C)Oc1cccc(C(C)NC(=O)N2CCN(c3nccs3)CC2)c1. The Balaban J connectivity index is 1.53. The van der Waals surface area contributed by atoms with Gasteiger partial charge in [-0.05, 0) is 38.5 Å². The van der Waals surface area contributed by atoms with Crippen molar-refractivity contribution in [2.75, 3.05) is 31.1 Å². The van der Waals surface area contributed by atoms with Crippen molar-refractivity contribution in [3.63, 3.8) is 0 Å². The summed E-state index contributed by atoms with van der Waals surface area (Å²) in [4.78, 5) is 21.0. The summed E-state index contributed by atoms with van der Waals surface area (Å²) in [7, 11) is 0. The molecule has 1 fully saturated rings. The second-order valence-electron chi connectivity index (χ2n) is 6.70. The van der Waals surface area contributed by atoms with E-state index in [9.17, 15) is 4.79 Å². The number of carbonyl (C=O) groups excluding carboxylic acids is 1. The van der Waals surface area contributed by atoms with Crippen molar-refractivity contribution in [2.45, 2.75) is 32.9 Å². The predicted octanol–water partition coefficient (Wildman–Crippen LogP) is 3.52. The number of ether oxygens (including phenoxy) is 1. The number of nitrogens with one attached hydrogen (secondary N) is 1. The quantitative estimate of drug-likeness (QED) is 0.870.